The largest absolute Gasteiger partial charge is 0.457 e. The average molecular weight is 390 g/mol. The number of hydrogen-bond acceptors (Lipinski definition) is 4. The zero-order valence-corrected chi connectivity index (χ0v) is 14.0. The van der Waals surface area contributed by atoms with E-state index in [1.54, 1.807) is 6.07 Å². The first-order valence-corrected chi connectivity index (χ1v) is 8.06. The first kappa shape index (κ1) is 17.1. The fraction of sp³-hybridized carbons (Fsp3) is 0.0667. The molecular weight excluding hydrogens is 383 g/mol. The van der Waals surface area contributed by atoms with Crippen LogP contribution in [0.1, 0.15) is 11.3 Å². The topological polar surface area (TPSA) is 42.2 Å². The molecule has 1 aliphatic rings. The van der Waals surface area contributed by atoms with Crippen molar-refractivity contribution in [2.24, 2.45) is 0 Å². The van der Waals surface area contributed by atoms with Gasteiger partial charge in [-0.3, -0.25) is 4.79 Å². The highest BCUT2D eigenvalue weighted by Crippen LogP contribution is 2.37. The lowest BCUT2D eigenvalue weighted by molar-refractivity contribution is -0.137. The van der Waals surface area contributed by atoms with Gasteiger partial charge in [-0.1, -0.05) is 23.8 Å². The summed E-state index contributed by atoms with van der Waals surface area (Å²) >= 11 is 11.9. The second-order valence-corrected chi connectivity index (χ2v) is 6.58. The fourth-order valence-electron chi connectivity index (χ4n) is 2.02. The number of furan rings is 1. The van der Waals surface area contributed by atoms with Crippen LogP contribution in [0.15, 0.2) is 39.7 Å². The van der Waals surface area contributed by atoms with Crippen molar-refractivity contribution in [3.63, 3.8) is 0 Å². The smallest absolute Gasteiger partial charge is 0.416 e. The monoisotopic (exact) mass is 389 g/mol. The second kappa shape index (κ2) is 6.27. The summed E-state index contributed by atoms with van der Waals surface area (Å²) < 4.78 is 44.0. The molecule has 1 N–H and O–H groups in total. The summed E-state index contributed by atoms with van der Waals surface area (Å²) in [4.78, 5) is 12.0. The van der Waals surface area contributed by atoms with Gasteiger partial charge in [0.1, 0.15) is 16.5 Å². The standard InChI is InChI=1S/C15H7ClF3NO2S2/c16-10-3-1-7(15(17,18)19)5-9(10)11-4-2-8(22-11)6-12-13(23)20-14(21)24-12/h1-6H,(H,20,21,23)/b12-6-. The molecule has 2 heterocycles. The molecule has 3 rings (SSSR count). The minimum Gasteiger partial charge on any atom is -0.457 e. The number of carbonyl (C=O) groups excluding carboxylic acids is 1. The lowest BCUT2D eigenvalue weighted by Crippen LogP contribution is -2.15. The van der Waals surface area contributed by atoms with Crippen LogP contribution in [-0.2, 0) is 6.18 Å². The summed E-state index contributed by atoms with van der Waals surface area (Å²) in [7, 11) is 0. The fourth-order valence-corrected chi connectivity index (χ4v) is 3.24. The van der Waals surface area contributed by atoms with Crippen molar-refractivity contribution in [1.82, 2.24) is 5.32 Å². The van der Waals surface area contributed by atoms with E-state index in [4.69, 9.17) is 28.2 Å². The normalized spacial score (nSPS) is 16.8. The third-order valence-electron chi connectivity index (χ3n) is 3.10. The Labute approximate surface area is 148 Å². The molecule has 0 radical (unpaired) electrons. The Morgan fingerprint density at radius 2 is 2.00 bits per heavy atom. The Bertz CT molecular complexity index is 874. The van der Waals surface area contributed by atoms with Gasteiger partial charge in [-0.2, -0.15) is 13.2 Å². The molecule has 3 nitrogen and oxygen atoms in total. The molecular formula is C15H7ClF3NO2S2. The van der Waals surface area contributed by atoms with Crippen molar-refractivity contribution < 1.29 is 22.4 Å². The van der Waals surface area contributed by atoms with Crippen LogP contribution in [-0.4, -0.2) is 10.2 Å². The summed E-state index contributed by atoms with van der Waals surface area (Å²) in [6, 6.07) is 6.07. The molecule has 124 valence electrons. The van der Waals surface area contributed by atoms with Gasteiger partial charge in [0.25, 0.3) is 5.24 Å². The highest BCUT2D eigenvalue weighted by Gasteiger charge is 2.31. The zero-order valence-electron chi connectivity index (χ0n) is 11.6. The molecule has 0 atom stereocenters. The van der Waals surface area contributed by atoms with E-state index < -0.39 is 11.7 Å². The molecule has 0 unspecified atom stereocenters. The van der Waals surface area contributed by atoms with Gasteiger partial charge in [-0.05, 0) is 48.2 Å². The second-order valence-electron chi connectivity index (χ2n) is 4.75. The summed E-state index contributed by atoms with van der Waals surface area (Å²) in [5.41, 5.74) is -0.687. The summed E-state index contributed by atoms with van der Waals surface area (Å²) in [5, 5.41) is 2.30. The number of nitrogens with one attached hydrogen (secondary N) is 1. The molecule has 1 aromatic carbocycles. The van der Waals surface area contributed by atoms with Crippen molar-refractivity contribution in [2.75, 3.05) is 0 Å². The summed E-state index contributed by atoms with van der Waals surface area (Å²) in [5.74, 6) is 0.533. The minimum absolute atomic E-state index is 0.131. The summed E-state index contributed by atoms with van der Waals surface area (Å²) in [6.07, 6.45) is -2.94. The molecule has 24 heavy (non-hydrogen) atoms. The predicted octanol–water partition coefficient (Wildman–Crippen LogP) is 5.74. The Kier molecular flexibility index (Phi) is 4.46. The van der Waals surface area contributed by atoms with Crippen LogP contribution < -0.4 is 5.32 Å². The number of amides is 1. The van der Waals surface area contributed by atoms with E-state index in [0.717, 1.165) is 23.9 Å². The highest BCUT2D eigenvalue weighted by atomic mass is 35.5. The average Bonchev–Trinajstić information content (AvgIpc) is 3.05. The van der Waals surface area contributed by atoms with Crippen molar-refractivity contribution in [1.29, 1.82) is 0 Å². The Hall–Kier alpha value is -1.77. The molecule has 1 saturated heterocycles. The van der Waals surface area contributed by atoms with E-state index in [1.807, 2.05) is 0 Å². The molecule has 1 aromatic heterocycles. The van der Waals surface area contributed by atoms with Crippen LogP contribution in [0.3, 0.4) is 0 Å². The third kappa shape index (κ3) is 3.50. The van der Waals surface area contributed by atoms with Crippen molar-refractivity contribution in [3.05, 3.63) is 51.6 Å². The number of thiocarbonyl (C=S) groups is 1. The van der Waals surface area contributed by atoms with Crippen LogP contribution in [0.5, 0.6) is 0 Å². The number of rotatable bonds is 2. The van der Waals surface area contributed by atoms with Gasteiger partial charge in [-0.25, -0.2) is 0 Å². The van der Waals surface area contributed by atoms with Crippen molar-refractivity contribution in [2.45, 2.75) is 6.18 Å². The number of carbonyl (C=O) groups is 1. The Morgan fingerprint density at radius 3 is 2.62 bits per heavy atom. The quantitative estimate of drug-likeness (QED) is 0.525. The third-order valence-corrected chi connectivity index (χ3v) is 4.71. The maximum absolute atomic E-state index is 12.8. The van der Waals surface area contributed by atoms with E-state index in [9.17, 15) is 18.0 Å². The van der Waals surface area contributed by atoms with E-state index in [-0.39, 0.29) is 26.6 Å². The predicted molar refractivity (Wildman–Crippen MR) is 90.9 cm³/mol. The number of halogens is 4. The zero-order chi connectivity index (χ0) is 17.5. The van der Waals surface area contributed by atoms with Gasteiger partial charge in [0.2, 0.25) is 0 Å². The Balaban J connectivity index is 1.95. The number of benzene rings is 1. The maximum atomic E-state index is 12.8. The van der Waals surface area contributed by atoms with Gasteiger partial charge in [0.05, 0.1) is 15.5 Å². The molecule has 0 spiro atoms. The van der Waals surface area contributed by atoms with Crippen LogP contribution >= 0.6 is 35.6 Å². The number of alkyl halides is 3. The molecule has 1 amide bonds. The van der Waals surface area contributed by atoms with E-state index in [2.05, 4.69) is 5.32 Å². The van der Waals surface area contributed by atoms with Crippen molar-refractivity contribution in [3.8, 4) is 11.3 Å². The van der Waals surface area contributed by atoms with E-state index in [1.165, 1.54) is 18.2 Å². The van der Waals surface area contributed by atoms with Crippen LogP contribution in [0.4, 0.5) is 18.0 Å². The lowest BCUT2D eigenvalue weighted by atomic mass is 10.1. The molecule has 1 fully saturated rings. The van der Waals surface area contributed by atoms with E-state index >= 15 is 0 Å². The number of hydrogen-bond donors (Lipinski definition) is 1. The first-order valence-electron chi connectivity index (χ1n) is 6.46. The SMILES string of the molecule is O=C1NC(=S)/C(=C/c2ccc(-c3cc(C(F)(F)F)ccc3Cl)o2)S1. The molecule has 9 heteroatoms. The Morgan fingerprint density at radius 1 is 1.25 bits per heavy atom. The maximum Gasteiger partial charge on any atom is 0.416 e. The summed E-state index contributed by atoms with van der Waals surface area (Å²) in [6.45, 7) is 0. The van der Waals surface area contributed by atoms with Gasteiger partial charge < -0.3 is 9.73 Å². The first-order chi connectivity index (χ1) is 11.2. The molecule has 0 bridgehead atoms. The molecule has 2 aromatic rings. The van der Waals surface area contributed by atoms with Gasteiger partial charge in [0, 0.05) is 5.56 Å². The molecule has 0 aliphatic carbocycles. The van der Waals surface area contributed by atoms with E-state index in [0.29, 0.717) is 10.7 Å². The lowest BCUT2D eigenvalue weighted by Gasteiger charge is -2.09. The molecule has 1 aliphatic heterocycles. The van der Waals surface area contributed by atoms with Crippen molar-refractivity contribution >= 4 is 51.9 Å². The van der Waals surface area contributed by atoms with Gasteiger partial charge in [0.15, 0.2) is 0 Å². The van der Waals surface area contributed by atoms with Gasteiger partial charge in [-0.15, -0.1) is 0 Å². The van der Waals surface area contributed by atoms with Crippen LogP contribution in [0.2, 0.25) is 5.02 Å². The molecule has 0 saturated carbocycles. The minimum atomic E-state index is -4.48. The van der Waals surface area contributed by atoms with Crippen LogP contribution in [0.25, 0.3) is 17.4 Å². The number of thioether (sulfide) groups is 1. The van der Waals surface area contributed by atoms with Gasteiger partial charge >= 0.3 is 6.18 Å². The highest BCUT2D eigenvalue weighted by molar-refractivity contribution is 8.19. The van der Waals surface area contributed by atoms with Crippen LogP contribution in [0, 0.1) is 0 Å².